The molecule has 25 heavy (non-hydrogen) atoms. The van der Waals surface area contributed by atoms with E-state index in [0.29, 0.717) is 24.3 Å². The molecule has 1 amide bonds. The van der Waals surface area contributed by atoms with Crippen LogP contribution in [0.3, 0.4) is 0 Å². The molecule has 0 radical (unpaired) electrons. The third-order valence-electron chi connectivity index (χ3n) is 4.25. The van der Waals surface area contributed by atoms with Gasteiger partial charge in [-0.3, -0.25) is 14.9 Å². The Labute approximate surface area is 145 Å². The Morgan fingerprint density at radius 1 is 1.12 bits per heavy atom. The van der Waals surface area contributed by atoms with Gasteiger partial charge in [-0.15, -0.1) is 0 Å². The number of carbonyl (C=O) groups excluding carboxylic acids is 1. The zero-order valence-electron chi connectivity index (χ0n) is 13.8. The van der Waals surface area contributed by atoms with Crippen LogP contribution in [0, 0.1) is 10.1 Å². The van der Waals surface area contributed by atoms with E-state index < -0.39 is 4.92 Å². The zero-order valence-corrected chi connectivity index (χ0v) is 13.8. The number of nitrogens with one attached hydrogen (secondary N) is 1. The molecule has 128 valence electrons. The fraction of sp³-hybridized carbons (Fsp3) is 0.211. The maximum absolute atomic E-state index is 12.6. The predicted molar refractivity (Wildman–Crippen MR) is 97.1 cm³/mol. The van der Waals surface area contributed by atoms with Crippen LogP contribution in [0.4, 0.5) is 17.1 Å². The number of nitrogens with zero attached hydrogens (tertiary/aromatic N) is 2. The number of nitro groups is 1. The highest BCUT2D eigenvalue weighted by Crippen LogP contribution is 2.29. The Morgan fingerprint density at radius 3 is 2.44 bits per heavy atom. The number of amides is 1. The van der Waals surface area contributed by atoms with Gasteiger partial charge in [0.2, 0.25) is 0 Å². The topological polar surface area (TPSA) is 75.5 Å². The van der Waals surface area contributed by atoms with E-state index in [-0.39, 0.29) is 11.6 Å². The summed E-state index contributed by atoms with van der Waals surface area (Å²) in [7, 11) is 0. The fourth-order valence-corrected chi connectivity index (χ4v) is 2.81. The van der Waals surface area contributed by atoms with Gasteiger partial charge < -0.3 is 10.2 Å². The lowest BCUT2D eigenvalue weighted by molar-refractivity contribution is -0.383. The van der Waals surface area contributed by atoms with Crippen molar-refractivity contribution >= 4 is 23.0 Å². The molecule has 0 bridgehead atoms. The van der Waals surface area contributed by atoms with Gasteiger partial charge in [0.15, 0.2) is 0 Å². The number of likely N-dealkylation sites (tertiary alicyclic amines) is 1. The van der Waals surface area contributed by atoms with E-state index in [1.807, 2.05) is 30.3 Å². The quantitative estimate of drug-likeness (QED) is 0.517. The van der Waals surface area contributed by atoms with Crippen molar-refractivity contribution in [3.63, 3.8) is 0 Å². The lowest BCUT2D eigenvalue weighted by atomic mass is 10.0. The molecule has 0 unspecified atom stereocenters. The number of nitro benzene ring substituents is 1. The van der Waals surface area contributed by atoms with Gasteiger partial charge >= 0.3 is 0 Å². The van der Waals surface area contributed by atoms with E-state index in [1.54, 1.807) is 17.0 Å². The van der Waals surface area contributed by atoms with Crippen molar-refractivity contribution in [1.82, 2.24) is 4.90 Å². The average molecular weight is 337 g/mol. The van der Waals surface area contributed by atoms with Crippen molar-refractivity contribution < 1.29 is 9.72 Å². The zero-order chi connectivity index (χ0) is 17.8. The van der Waals surface area contributed by atoms with E-state index in [4.69, 9.17) is 0 Å². The Balaban J connectivity index is 1.85. The van der Waals surface area contributed by atoms with Gasteiger partial charge in [-0.25, -0.2) is 0 Å². The first-order valence-electron chi connectivity index (χ1n) is 8.11. The van der Waals surface area contributed by atoms with Crippen molar-refractivity contribution in [3.05, 3.63) is 76.4 Å². The van der Waals surface area contributed by atoms with Crippen LogP contribution < -0.4 is 5.32 Å². The highest BCUT2D eigenvalue weighted by molar-refractivity contribution is 5.96. The highest BCUT2D eigenvalue weighted by atomic mass is 16.6. The summed E-state index contributed by atoms with van der Waals surface area (Å²) in [6, 6.07) is 13.8. The van der Waals surface area contributed by atoms with E-state index in [1.165, 1.54) is 6.07 Å². The molecule has 3 rings (SSSR count). The standard InChI is InChI=1S/C19H19N3O3/c1-14-9-11-21(12-10-14)19(23)15-7-8-17(18(13-15)22(24)25)20-16-5-3-2-4-6-16/h2-8,13,20H,1,9-12H2. The molecule has 1 heterocycles. The van der Waals surface area contributed by atoms with Crippen LogP contribution in [-0.2, 0) is 0 Å². The molecule has 1 N–H and O–H groups in total. The first-order chi connectivity index (χ1) is 12.0. The molecule has 6 nitrogen and oxygen atoms in total. The number of piperidine rings is 1. The van der Waals surface area contributed by atoms with Crippen LogP contribution in [0.15, 0.2) is 60.7 Å². The van der Waals surface area contributed by atoms with Gasteiger partial charge in [-0.1, -0.05) is 30.4 Å². The van der Waals surface area contributed by atoms with Crippen LogP contribution in [0.5, 0.6) is 0 Å². The second-order valence-corrected chi connectivity index (χ2v) is 6.02. The number of rotatable bonds is 4. The van der Waals surface area contributed by atoms with Gasteiger partial charge in [0.25, 0.3) is 11.6 Å². The largest absolute Gasteiger partial charge is 0.350 e. The molecule has 2 aromatic rings. The highest BCUT2D eigenvalue weighted by Gasteiger charge is 2.23. The van der Waals surface area contributed by atoms with Gasteiger partial charge in [0, 0.05) is 30.4 Å². The summed E-state index contributed by atoms with van der Waals surface area (Å²) in [4.78, 5) is 25.3. The van der Waals surface area contributed by atoms with Crippen LogP contribution in [-0.4, -0.2) is 28.8 Å². The molecule has 1 fully saturated rings. The second-order valence-electron chi connectivity index (χ2n) is 6.02. The third kappa shape index (κ3) is 3.85. The summed E-state index contributed by atoms with van der Waals surface area (Å²) < 4.78 is 0. The Morgan fingerprint density at radius 2 is 1.80 bits per heavy atom. The average Bonchev–Trinajstić information content (AvgIpc) is 2.63. The van der Waals surface area contributed by atoms with Crippen molar-refractivity contribution in [3.8, 4) is 0 Å². The monoisotopic (exact) mass is 337 g/mol. The van der Waals surface area contributed by atoms with E-state index in [2.05, 4.69) is 11.9 Å². The fourth-order valence-electron chi connectivity index (χ4n) is 2.81. The molecule has 0 aromatic heterocycles. The number of para-hydroxylation sites is 1. The van der Waals surface area contributed by atoms with E-state index in [0.717, 1.165) is 24.1 Å². The summed E-state index contributed by atoms with van der Waals surface area (Å²) >= 11 is 0. The first kappa shape index (κ1) is 16.7. The Bertz CT molecular complexity index is 808. The van der Waals surface area contributed by atoms with Crippen LogP contribution in [0.1, 0.15) is 23.2 Å². The molecule has 1 saturated heterocycles. The number of hydrogen-bond acceptors (Lipinski definition) is 4. The molecule has 1 aliphatic heterocycles. The Hall–Kier alpha value is -3.15. The van der Waals surface area contributed by atoms with Crippen LogP contribution in [0.2, 0.25) is 0 Å². The van der Waals surface area contributed by atoms with Crippen molar-refractivity contribution in [2.24, 2.45) is 0 Å². The maximum Gasteiger partial charge on any atom is 0.293 e. The molecule has 0 aliphatic carbocycles. The van der Waals surface area contributed by atoms with Crippen molar-refractivity contribution in [2.45, 2.75) is 12.8 Å². The number of benzene rings is 2. The number of hydrogen-bond donors (Lipinski definition) is 1. The third-order valence-corrected chi connectivity index (χ3v) is 4.25. The lowest BCUT2D eigenvalue weighted by Gasteiger charge is -2.28. The number of anilines is 2. The summed E-state index contributed by atoms with van der Waals surface area (Å²) in [5.41, 5.74) is 2.46. The predicted octanol–water partition coefficient (Wildman–Crippen LogP) is 4.13. The van der Waals surface area contributed by atoms with Crippen molar-refractivity contribution in [1.29, 1.82) is 0 Å². The summed E-state index contributed by atoms with van der Waals surface area (Å²) in [6.07, 6.45) is 1.56. The van der Waals surface area contributed by atoms with Crippen LogP contribution in [0.25, 0.3) is 0 Å². The van der Waals surface area contributed by atoms with Crippen LogP contribution >= 0.6 is 0 Å². The van der Waals surface area contributed by atoms with E-state index >= 15 is 0 Å². The summed E-state index contributed by atoms with van der Waals surface area (Å²) in [6.45, 7) is 5.15. The van der Waals surface area contributed by atoms with E-state index in [9.17, 15) is 14.9 Å². The normalized spacial score (nSPS) is 14.2. The molecule has 0 saturated carbocycles. The summed E-state index contributed by atoms with van der Waals surface area (Å²) in [5.74, 6) is -0.179. The maximum atomic E-state index is 12.6. The smallest absolute Gasteiger partial charge is 0.293 e. The first-order valence-corrected chi connectivity index (χ1v) is 8.11. The second kappa shape index (κ2) is 7.17. The molecular formula is C19H19N3O3. The lowest BCUT2D eigenvalue weighted by Crippen LogP contribution is -2.36. The summed E-state index contributed by atoms with van der Waals surface area (Å²) in [5, 5.41) is 14.5. The van der Waals surface area contributed by atoms with Gasteiger partial charge in [-0.05, 0) is 37.1 Å². The van der Waals surface area contributed by atoms with Gasteiger partial charge in [-0.2, -0.15) is 0 Å². The van der Waals surface area contributed by atoms with Gasteiger partial charge in [0.1, 0.15) is 5.69 Å². The Kier molecular flexibility index (Phi) is 4.79. The molecule has 1 aliphatic rings. The molecular weight excluding hydrogens is 318 g/mol. The molecule has 2 aromatic carbocycles. The molecule has 6 heteroatoms. The van der Waals surface area contributed by atoms with Crippen molar-refractivity contribution in [2.75, 3.05) is 18.4 Å². The minimum absolute atomic E-state index is 0.115. The SMILES string of the molecule is C=C1CCN(C(=O)c2ccc(Nc3ccccc3)c([N+](=O)[O-])c2)CC1. The molecule has 0 spiro atoms. The van der Waals surface area contributed by atoms with Gasteiger partial charge in [0.05, 0.1) is 4.92 Å². The minimum Gasteiger partial charge on any atom is -0.350 e. The minimum atomic E-state index is -0.472. The molecule has 0 atom stereocenters. The number of carbonyl (C=O) groups is 1.